The first-order valence-corrected chi connectivity index (χ1v) is 7.62. The van der Waals surface area contributed by atoms with Crippen molar-refractivity contribution in [3.05, 3.63) is 35.9 Å². The molecule has 0 bridgehead atoms. The van der Waals surface area contributed by atoms with E-state index in [0.717, 1.165) is 12.2 Å². The number of nitrogens with one attached hydrogen (secondary N) is 2. The molecular formula is C14H20N2OS. The molecule has 0 saturated carbocycles. The quantitative estimate of drug-likeness (QED) is 0.817. The molecule has 98 valence electrons. The highest BCUT2D eigenvalue weighted by Gasteiger charge is 2.15. The molecule has 4 heteroatoms. The summed E-state index contributed by atoms with van der Waals surface area (Å²) in [5.41, 5.74) is 1.26. The summed E-state index contributed by atoms with van der Waals surface area (Å²) in [6.07, 6.45) is 2.08. The zero-order valence-corrected chi connectivity index (χ0v) is 11.3. The van der Waals surface area contributed by atoms with Crippen LogP contribution in [-0.4, -0.2) is 36.5 Å². The first-order valence-electron chi connectivity index (χ1n) is 6.46. The number of carbonyl (C=O) groups excluding carboxylic acids is 1. The van der Waals surface area contributed by atoms with Crippen molar-refractivity contribution in [1.29, 1.82) is 0 Å². The first kappa shape index (κ1) is 13.4. The van der Waals surface area contributed by atoms with E-state index in [0.29, 0.717) is 19.1 Å². The first-order chi connectivity index (χ1) is 8.84. The van der Waals surface area contributed by atoms with Gasteiger partial charge in [0.05, 0.1) is 6.54 Å². The van der Waals surface area contributed by atoms with E-state index in [1.807, 2.05) is 30.0 Å². The van der Waals surface area contributed by atoms with Gasteiger partial charge < -0.3 is 10.6 Å². The second-order valence-corrected chi connectivity index (χ2v) is 5.68. The van der Waals surface area contributed by atoms with Crippen molar-refractivity contribution >= 4 is 17.7 Å². The fourth-order valence-corrected chi connectivity index (χ4v) is 3.17. The Kier molecular flexibility index (Phi) is 5.55. The summed E-state index contributed by atoms with van der Waals surface area (Å²) in [5.74, 6) is 2.45. The van der Waals surface area contributed by atoms with Crippen molar-refractivity contribution in [2.45, 2.75) is 18.9 Å². The Morgan fingerprint density at radius 3 is 2.89 bits per heavy atom. The third-order valence-electron chi connectivity index (χ3n) is 3.06. The SMILES string of the molecule is O=C(CN[C@H]1CCSC1)NCCc1ccccc1. The van der Waals surface area contributed by atoms with Gasteiger partial charge in [0.2, 0.25) is 5.91 Å². The zero-order chi connectivity index (χ0) is 12.6. The molecule has 2 N–H and O–H groups in total. The predicted octanol–water partition coefficient (Wildman–Crippen LogP) is 1.44. The summed E-state index contributed by atoms with van der Waals surface area (Å²) >= 11 is 1.95. The van der Waals surface area contributed by atoms with Crippen LogP contribution in [0.1, 0.15) is 12.0 Å². The molecule has 0 unspecified atom stereocenters. The number of carbonyl (C=O) groups is 1. The lowest BCUT2D eigenvalue weighted by Crippen LogP contribution is -2.39. The predicted molar refractivity (Wildman–Crippen MR) is 76.9 cm³/mol. The maximum absolute atomic E-state index is 11.6. The molecule has 0 radical (unpaired) electrons. The van der Waals surface area contributed by atoms with Crippen LogP contribution in [0.3, 0.4) is 0 Å². The van der Waals surface area contributed by atoms with Crippen molar-refractivity contribution in [3.8, 4) is 0 Å². The van der Waals surface area contributed by atoms with Gasteiger partial charge in [-0.05, 0) is 24.2 Å². The van der Waals surface area contributed by atoms with E-state index in [4.69, 9.17) is 0 Å². The number of thioether (sulfide) groups is 1. The van der Waals surface area contributed by atoms with Crippen LogP contribution in [0.25, 0.3) is 0 Å². The maximum Gasteiger partial charge on any atom is 0.233 e. The second-order valence-electron chi connectivity index (χ2n) is 4.53. The minimum atomic E-state index is 0.0998. The van der Waals surface area contributed by atoms with Crippen LogP contribution in [0.15, 0.2) is 30.3 Å². The summed E-state index contributed by atoms with van der Waals surface area (Å²) in [7, 11) is 0. The third-order valence-corrected chi connectivity index (χ3v) is 4.22. The molecule has 0 spiro atoms. The molecule has 1 heterocycles. The molecule has 0 aliphatic carbocycles. The van der Waals surface area contributed by atoms with Crippen molar-refractivity contribution in [2.75, 3.05) is 24.6 Å². The average molecular weight is 264 g/mol. The highest BCUT2D eigenvalue weighted by atomic mass is 32.2. The van der Waals surface area contributed by atoms with Crippen molar-refractivity contribution in [1.82, 2.24) is 10.6 Å². The molecule has 1 aliphatic heterocycles. The summed E-state index contributed by atoms with van der Waals surface area (Å²) in [4.78, 5) is 11.6. The van der Waals surface area contributed by atoms with Crippen LogP contribution in [-0.2, 0) is 11.2 Å². The summed E-state index contributed by atoms with van der Waals surface area (Å²) in [6.45, 7) is 1.16. The van der Waals surface area contributed by atoms with E-state index in [-0.39, 0.29) is 5.91 Å². The molecule has 3 nitrogen and oxygen atoms in total. The topological polar surface area (TPSA) is 41.1 Å². The van der Waals surface area contributed by atoms with Gasteiger partial charge in [-0.1, -0.05) is 30.3 Å². The summed E-state index contributed by atoms with van der Waals surface area (Å²) in [6, 6.07) is 10.7. The Hall–Kier alpha value is -1.00. The van der Waals surface area contributed by atoms with E-state index < -0.39 is 0 Å². The molecule has 1 aliphatic rings. The Morgan fingerprint density at radius 1 is 1.33 bits per heavy atom. The summed E-state index contributed by atoms with van der Waals surface area (Å²) in [5, 5.41) is 6.24. The van der Waals surface area contributed by atoms with E-state index in [1.54, 1.807) is 0 Å². The normalized spacial score (nSPS) is 18.8. The van der Waals surface area contributed by atoms with Crippen LogP contribution in [0.5, 0.6) is 0 Å². The van der Waals surface area contributed by atoms with Gasteiger partial charge in [0.1, 0.15) is 0 Å². The smallest absolute Gasteiger partial charge is 0.233 e. The molecule has 1 aromatic carbocycles. The minimum Gasteiger partial charge on any atom is -0.355 e. The number of benzene rings is 1. The van der Waals surface area contributed by atoms with Crippen molar-refractivity contribution in [2.24, 2.45) is 0 Å². The molecule has 18 heavy (non-hydrogen) atoms. The fraction of sp³-hybridized carbons (Fsp3) is 0.500. The second kappa shape index (κ2) is 7.44. The van der Waals surface area contributed by atoms with Gasteiger partial charge in [0.25, 0.3) is 0 Å². The Bertz CT molecular complexity index is 363. The Morgan fingerprint density at radius 2 is 2.17 bits per heavy atom. The molecule has 2 rings (SSSR count). The number of hydrogen-bond acceptors (Lipinski definition) is 3. The number of rotatable bonds is 6. The van der Waals surface area contributed by atoms with E-state index in [2.05, 4.69) is 22.8 Å². The van der Waals surface area contributed by atoms with Crippen LogP contribution >= 0.6 is 11.8 Å². The van der Waals surface area contributed by atoms with E-state index in [1.165, 1.54) is 17.7 Å². The van der Waals surface area contributed by atoms with Crippen LogP contribution in [0.4, 0.5) is 0 Å². The summed E-state index contributed by atoms with van der Waals surface area (Å²) < 4.78 is 0. The minimum absolute atomic E-state index is 0.0998. The van der Waals surface area contributed by atoms with Crippen LogP contribution < -0.4 is 10.6 Å². The molecular weight excluding hydrogens is 244 g/mol. The van der Waals surface area contributed by atoms with Gasteiger partial charge in [-0.2, -0.15) is 11.8 Å². The molecule has 1 amide bonds. The van der Waals surface area contributed by atoms with Gasteiger partial charge in [-0.15, -0.1) is 0 Å². The average Bonchev–Trinajstić information content (AvgIpc) is 2.91. The third kappa shape index (κ3) is 4.70. The number of amides is 1. The zero-order valence-electron chi connectivity index (χ0n) is 10.5. The van der Waals surface area contributed by atoms with E-state index in [9.17, 15) is 4.79 Å². The lowest BCUT2D eigenvalue weighted by Gasteiger charge is -2.11. The van der Waals surface area contributed by atoms with Gasteiger partial charge in [0, 0.05) is 18.3 Å². The standard InChI is InChI=1S/C14H20N2OS/c17-14(10-16-13-7-9-18-11-13)15-8-6-12-4-2-1-3-5-12/h1-5,13,16H,6-11H2,(H,15,17)/t13-/m0/s1. The lowest BCUT2D eigenvalue weighted by molar-refractivity contribution is -0.120. The highest BCUT2D eigenvalue weighted by Crippen LogP contribution is 2.16. The van der Waals surface area contributed by atoms with Gasteiger partial charge in [0.15, 0.2) is 0 Å². The highest BCUT2D eigenvalue weighted by molar-refractivity contribution is 7.99. The van der Waals surface area contributed by atoms with Gasteiger partial charge >= 0.3 is 0 Å². The Balaban J connectivity index is 1.57. The molecule has 1 aromatic rings. The Labute approximate surface area is 113 Å². The molecule has 1 atom stereocenters. The number of hydrogen-bond donors (Lipinski definition) is 2. The van der Waals surface area contributed by atoms with E-state index >= 15 is 0 Å². The van der Waals surface area contributed by atoms with Crippen molar-refractivity contribution in [3.63, 3.8) is 0 Å². The monoisotopic (exact) mass is 264 g/mol. The van der Waals surface area contributed by atoms with Crippen molar-refractivity contribution < 1.29 is 4.79 Å². The molecule has 1 fully saturated rings. The largest absolute Gasteiger partial charge is 0.355 e. The van der Waals surface area contributed by atoms with Gasteiger partial charge in [-0.25, -0.2) is 0 Å². The maximum atomic E-state index is 11.6. The molecule has 1 saturated heterocycles. The lowest BCUT2D eigenvalue weighted by atomic mass is 10.1. The fourth-order valence-electron chi connectivity index (χ4n) is 1.99. The van der Waals surface area contributed by atoms with Crippen LogP contribution in [0.2, 0.25) is 0 Å². The van der Waals surface area contributed by atoms with Gasteiger partial charge in [-0.3, -0.25) is 4.79 Å². The van der Waals surface area contributed by atoms with Crippen LogP contribution in [0, 0.1) is 0 Å². The molecule has 0 aromatic heterocycles.